The van der Waals surface area contributed by atoms with Gasteiger partial charge in [-0.25, -0.2) is 0 Å². The largest absolute Gasteiger partial charge is 0.507 e. The second kappa shape index (κ2) is 7.50. The summed E-state index contributed by atoms with van der Waals surface area (Å²) in [4.78, 5) is 2.52. The van der Waals surface area contributed by atoms with Gasteiger partial charge in [-0.15, -0.1) is 0 Å². The fraction of sp³-hybridized carbons (Fsp3) is 0.625. The molecule has 1 aliphatic heterocycles. The van der Waals surface area contributed by atoms with Crippen LogP contribution in [0.4, 0.5) is 0 Å². The molecule has 1 aliphatic rings. The Kier molecular flexibility index (Phi) is 5.68. The van der Waals surface area contributed by atoms with Gasteiger partial charge < -0.3 is 20.4 Å². The van der Waals surface area contributed by atoms with Gasteiger partial charge in [-0.3, -0.25) is 0 Å². The number of benzene rings is 1. The van der Waals surface area contributed by atoms with Crippen molar-refractivity contribution in [3.8, 4) is 11.5 Å². The SMILES string of the molecule is CC(NCCCN1CCCCC1)c1c(O)cccc1O. The van der Waals surface area contributed by atoms with Gasteiger partial charge in [0.05, 0.1) is 5.56 Å². The van der Waals surface area contributed by atoms with E-state index in [4.69, 9.17) is 0 Å². The molecule has 0 saturated carbocycles. The molecule has 1 fully saturated rings. The number of rotatable bonds is 6. The van der Waals surface area contributed by atoms with E-state index >= 15 is 0 Å². The van der Waals surface area contributed by atoms with Crippen LogP contribution in [0.1, 0.15) is 44.2 Å². The highest BCUT2D eigenvalue weighted by Crippen LogP contribution is 2.31. The average molecular weight is 278 g/mol. The Hall–Kier alpha value is -1.26. The van der Waals surface area contributed by atoms with Crippen molar-refractivity contribution in [2.24, 2.45) is 0 Å². The van der Waals surface area contributed by atoms with Crippen molar-refractivity contribution in [2.45, 2.75) is 38.6 Å². The lowest BCUT2D eigenvalue weighted by molar-refractivity contribution is 0.225. The number of likely N-dealkylation sites (tertiary alicyclic amines) is 1. The van der Waals surface area contributed by atoms with E-state index < -0.39 is 0 Å². The molecule has 2 rings (SSSR count). The predicted octanol–water partition coefficient (Wildman–Crippen LogP) is 2.62. The Bertz CT molecular complexity index is 397. The number of phenolic OH excluding ortho intramolecular Hbond substituents is 2. The lowest BCUT2D eigenvalue weighted by Gasteiger charge is -2.26. The van der Waals surface area contributed by atoms with Crippen molar-refractivity contribution in [2.75, 3.05) is 26.2 Å². The topological polar surface area (TPSA) is 55.7 Å². The molecule has 0 aliphatic carbocycles. The molecular weight excluding hydrogens is 252 g/mol. The van der Waals surface area contributed by atoms with E-state index in [1.165, 1.54) is 32.4 Å². The zero-order valence-electron chi connectivity index (χ0n) is 12.3. The third-order valence-corrected chi connectivity index (χ3v) is 4.04. The summed E-state index contributed by atoms with van der Waals surface area (Å²) in [6.45, 7) is 6.46. The van der Waals surface area contributed by atoms with Crippen LogP contribution in [0.2, 0.25) is 0 Å². The summed E-state index contributed by atoms with van der Waals surface area (Å²) < 4.78 is 0. The number of nitrogens with one attached hydrogen (secondary N) is 1. The smallest absolute Gasteiger partial charge is 0.124 e. The van der Waals surface area contributed by atoms with E-state index in [2.05, 4.69) is 10.2 Å². The first-order valence-corrected chi connectivity index (χ1v) is 7.65. The van der Waals surface area contributed by atoms with Gasteiger partial charge in [-0.1, -0.05) is 12.5 Å². The highest BCUT2D eigenvalue weighted by atomic mass is 16.3. The Labute approximate surface area is 121 Å². The molecule has 0 spiro atoms. The number of nitrogens with zero attached hydrogens (tertiary/aromatic N) is 1. The molecule has 0 radical (unpaired) electrons. The summed E-state index contributed by atoms with van der Waals surface area (Å²) in [5.41, 5.74) is 0.588. The van der Waals surface area contributed by atoms with Crippen molar-refractivity contribution < 1.29 is 10.2 Å². The normalized spacial score (nSPS) is 18.1. The molecule has 1 atom stereocenters. The first-order valence-electron chi connectivity index (χ1n) is 7.65. The van der Waals surface area contributed by atoms with Crippen molar-refractivity contribution in [1.29, 1.82) is 0 Å². The summed E-state index contributed by atoms with van der Waals surface area (Å²) in [5.74, 6) is 0.307. The van der Waals surface area contributed by atoms with Gasteiger partial charge in [0, 0.05) is 6.04 Å². The van der Waals surface area contributed by atoms with Crippen LogP contribution < -0.4 is 5.32 Å². The van der Waals surface area contributed by atoms with Crippen LogP contribution in [0, 0.1) is 0 Å². The lowest BCUT2D eigenvalue weighted by Crippen LogP contribution is -2.32. The molecule has 1 aromatic carbocycles. The van der Waals surface area contributed by atoms with E-state index in [9.17, 15) is 10.2 Å². The number of hydrogen-bond donors (Lipinski definition) is 3. The van der Waals surface area contributed by atoms with Crippen LogP contribution in [0.3, 0.4) is 0 Å². The molecule has 112 valence electrons. The minimum atomic E-state index is -0.0439. The number of hydrogen-bond acceptors (Lipinski definition) is 4. The van der Waals surface area contributed by atoms with Gasteiger partial charge in [0.1, 0.15) is 11.5 Å². The molecule has 1 saturated heterocycles. The highest BCUT2D eigenvalue weighted by Gasteiger charge is 2.14. The Balaban J connectivity index is 1.73. The van der Waals surface area contributed by atoms with Crippen LogP contribution >= 0.6 is 0 Å². The third-order valence-electron chi connectivity index (χ3n) is 4.04. The van der Waals surface area contributed by atoms with Gasteiger partial charge >= 0.3 is 0 Å². The maximum atomic E-state index is 9.81. The standard InChI is InChI=1S/C16H26N2O2/c1-13(16-14(19)7-5-8-15(16)20)17-9-6-12-18-10-3-2-4-11-18/h5,7-8,13,17,19-20H,2-4,6,9-12H2,1H3. The van der Waals surface area contributed by atoms with Crippen molar-refractivity contribution in [3.05, 3.63) is 23.8 Å². The first-order chi connectivity index (χ1) is 9.68. The molecule has 1 unspecified atom stereocenters. The Morgan fingerprint density at radius 3 is 2.45 bits per heavy atom. The molecule has 20 heavy (non-hydrogen) atoms. The van der Waals surface area contributed by atoms with Crippen molar-refractivity contribution in [1.82, 2.24) is 10.2 Å². The zero-order chi connectivity index (χ0) is 14.4. The van der Waals surface area contributed by atoms with Crippen molar-refractivity contribution in [3.63, 3.8) is 0 Å². The van der Waals surface area contributed by atoms with Gasteiger partial charge in [-0.05, 0) is 64.5 Å². The van der Waals surface area contributed by atoms with Crippen LogP contribution in [0.15, 0.2) is 18.2 Å². The quantitative estimate of drug-likeness (QED) is 0.700. The summed E-state index contributed by atoms with van der Waals surface area (Å²) in [6.07, 6.45) is 5.13. The first kappa shape index (κ1) is 15.1. The number of phenols is 2. The summed E-state index contributed by atoms with van der Waals surface area (Å²) in [7, 11) is 0. The summed E-state index contributed by atoms with van der Waals surface area (Å²) >= 11 is 0. The number of piperidine rings is 1. The molecule has 4 heteroatoms. The second-order valence-corrected chi connectivity index (χ2v) is 5.64. The molecule has 0 bridgehead atoms. The van der Waals surface area contributed by atoms with E-state index in [-0.39, 0.29) is 17.5 Å². The maximum absolute atomic E-state index is 9.81. The Morgan fingerprint density at radius 1 is 1.15 bits per heavy atom. The van der Waals surface area contributed by atoms with Gasteiger partial charge in [-0.2, -0.15) is 0 Å². The summed E-state index contributed by atoms with van der Waals surface area (Å²) in [5, 5.41) is 23.0. The molecule has 0 aromatic heterocycles. The maximum Gasteiger partial charge on any atom is 0.124 e. The van der Waals surface area contributed by atoms with Crippen LogP contribution in [0.25, 0.3) is 0 Å². The lowest BCUT2D eigenvalue weighted by atomic mass is 10.1. The fourth-order valence-electron chi connectivity index (χ4n) is 2.89. The van der Waals surface area contributed by atoms with E-state index in [1.807, 2.05) is 6.92 Å². The Morgan fingerprint density at radius 2 is 1.80 bits per heavy atom. The minimum Gasteiger partial charge on any atom is -0.507 e. The van der Waals surface area contributed by atoms with Gasteiger partial charge in [0.25, 0.3) is 0 Å². The molecule has 3 N–H and O–H groups in total. The van der Waals surface area contributed by atoms with Crippen LogP contribution in [-0.2, 0) is 0 Å². The van der Waals surface area contributed by atoms with Crippen LogP contribution in [0.5, 0.6) is 11.5 Å². The fourth-order valence-corrected chi connectivity index (χ4v) is 2.89. The third kappa shape index (κ3) is 4.12. The van der Waals surface area contributed by atoms with E-state index in [0.717, 1.165) is 19.5 Å². The van der Waals surface area contributed by atoms with Crippen molar-refractivity contribution >= 4 is 0 Å². The highest BCUT2D eigenvalue weighted by molar-refractivity contribution is 5.44. The van der Waals surface area contributed by atoms with Crippen LogP contribution in [-0.4, -0.2) is 41.3 Å². The van der Waals surface area contributed by atoms with Gasteiger partial charge in [0.2, 0.25) is 0 Å². The molecule has 4 nitrogen and oxygen atoms in total. The summed E-state index contributed by atoms with van der Waals surface area (Å²) in [6, 6.07) is 4.83. The molecular formula is C16H26N2O2. The monoisotopic (exact) mass is 278 g/mol. The van der Waals surface area contributed by atoms with Gasteiger partial charge in [0.15, 0.2) is 0 Å². The second-order valence-electron chi connectivity index (χ2n) is 5.64. The van der Waals surface area contributed by atoms with E-state index in [1.54, 1.807) is 18.2 Å². The minimum absolute atomic E-state index is 0.0439. The molecule has 1 aromatic rings. The van der Waals surface area contributed by atoms with E-state index in [0.29, 0.717) is 5.56 Å². The average Bonchev–Trinajstić information content (AvgIpc) is 2.44. The zero-order valence-corrected chi connectivity index (χ0v) is 12.3. The predicted molar refractivity (Wildman–Crippen MR) is 81.1 cm³/mol. The molecule has 0 amide bonds. The molecule has 1 heterocycles. The number of aromatic hydroxyl groups is 2.